The quantitative estimate of drug-likeness (QED) is 0.0169. The van der Waals surface area contributed by atoms with Gasteiger partial charge in [-0.05, 0) is 154 Å². The molecule has 0 saturated heterocycles. The van der Waals surface area contributed by atoms with Gasteiger partial charge in [-0.2, -0.15) is 0 Å². The molecule has 0 amide bonds. The van der Waals surface area contributed by atoms with Crippen LogP contribution in [0.1, 0.15) is 297 Å². The molecule has 17 nitrogen and oxygen atoms in total. The van der Waals surface area contributed by atoms with E-state index in [9.17, 15) is 43.2 Å². The van der Waals surface area contributed by atoms with Crippen molar-refractivity contribution in [3.63, 3.8) is 0 Å². The van der Waals surface area contributed by atoms with Crippen LogP contribution in [0.3, 0.4) is 0 Å². The van der Waals surface area contributed by atoms with Gasteiger partial charge in [0.25, 0.3) is 0 Å². The zero-order valence-electron chi connectivity index (χ0n) is 62.3. The molecule has 0 aliphatic heterocycles. The molecule has 0 aromatic rings. The zero-order valence-corrected chi connectivity index (χ0v) is 64.1. The Kier molecular flexibility index (Phi) is 69.1. The molecule has 3 N–H and O–H groups in total. The Hall–Kier alpha value is -4.80. The lowest BCUT2D eigenvalue weighted by Crippen LogP contribution is -2.30. The Morgan fingerprint density at radius 2 is 0.530 bits per heavy atom. The van der Waals surface area contributed by atoms with Crippen molar-refractivity contribution in [2.24, 2.45) is 0 Å². The van der Waals surface area contributed by atoms with E-state index in [1.165, 1.54) is 51.4 Å². The molecular formula is C81H136O17P2. The van der Waals surface area contributed by atoms with Crippen molar-refractivity contribution in [1.82, 2.24) is 0 Å². The lowest BCUT2D eigenvalue weighted by Gasteiger charge is -2.21. The molecule has 0 bridgehead atoms. The number of rotatable bonds is 71. The topological polar surface area (TPSA) is 237 Å². The minimum Gasteiger partial charge on any atom is -0.462 e. The number of aliphatic hydroxyl groups excluding tert-OH is 1. The fourth-order valence-corrected chi connectivity index (χ4v) is 11.3. The van der Waals surface area contributed by atoms with Gasteiger partial charge in [-0.1, -0.05) is 251 Å². The first-order chi connectivity index (χ1) is 48.7. The third-order valence-electron chi connectivity index (χ3n) is 15.6. The second-order valence-corrected chi connectivity index (χ2v) is 28.1. The van der Waals surface area contributed by atoms with Crippen LogP contribution in [0.4, 0.5) is 0 Å². The van der Waals surface area contributed by atoms with E-state index < -0.39 is 97.5 Å². The number of hydrogen-bond donors (Lipinski definition) is 3. The van der Waals surface area contributed by atoms with Crippen molar-refractivity contribution < 1.29 is 80.2 Å². The van der Waals surface area contributed by atoms with Gasteiger partial charge in [0.05, 0.1) is 26.4 Å². The van der Waals surface area contributed by atoms with Crippen LogP contribution in [0, 0.1) is 0 Å². The highest BCUT2D eigenvalue weighted by Crippen LogP contribution is 2.45. The van der Waals surface area contributed by atoms with Crippen LogP contribution in [-0.4, -0.2) is 96.7 Å². The monoisotopic (exact) mass is 1440 g/mol. The summed E-state index contributed by atoms with van der Waals surface area (Å²) in [6, 6.07) is 0. The number of phosphoric acid groups is 2. The molecule has 0 radical (unpaired) electrons. The maximum absolute atomic E-state index is 13.1. The van der Waals surface area contributed by atoms with E-state index in [0.717, 1.165) is 161 Å². The second kappa shape index (κ2) is 72.5. The van der Waals surface area contributed by atoms with Crippen molar-refractivity contribution in [2.75, 3.05) is 39.6 Å². The zero-order chi connectivity index (χ0) is 73.2. The number of allylic oxidation sites excluding steroid dienone is 22. The summed E-state index contributed by atoms with van der Waals surface area (Å²) in [6.07, 6.45) is 80.2. The van der Waals surface area contributed by atoms with E-state index in [2.05, 4.69) is 149 Å². The maximum Gasteiger partial charge on any atom is 0.472 e. The van der Waals surface area contributed by atoms with Crippen LogP contribution in [0.25, 0.3) is 0 Å². The summed E-state index contributed by atoms with van der Waals surface area (Å²) in [5.74, 6) is -2.29. The molecule has 0 rings (SSSR count). The Bertz CT molecular complexity index is 2420. The highest BCUT2D eigenvalue weighted by Gasteiger charge is 2.30. The third-order valence-corrected chi connectivity index (χ3v) is 17.5. The van der Waals surface area contributed by atoms with Gasteiger partial charge in [0.15, 0.2) is 12.2 Å². The molecule has 5 unspecified atom stereocenters. The van der Waals surface area contributed by atoms with E-state index >= 15 is 0 Å². The van der Waals surface area contributed by atoms with Crippen LogP contribution in [0.5, 0.6) is 0 Å². The molecule has 5 atom stereocenters. The van der Waals surface area contributed by atoms with Gasteiger partial charge < -0.3 is 33.8 Å². The van der Waals surface area contributed by atoms with Gasteiger partial charge >= 0.3 is 39.5 Å². The van der Waals surface area contributed by atoms with Crippen LogP contribution < -0.4 is 0 Å². The smallest absolute Gasteiger partial charge is 0.462 e. The van der Waals surface area contributed by atoms with Crippen molar-refractivity contribution in [1.29, 1.82) is 0 Å². The number of carbonyl (C=O) groups is 4. The second-order valence-electron chi connectivity index (χ2n) is 25.2. The molecule has 0 aromatic heterocycles. The van der Waals surface area contributed by atoms with Gasteiger partial charge in [-0.3, -0.25) is 37.3 Å². The first kappa shape index (κ1) is 95.2. The summed E-state index contributed by atoms with van der Waals surface area (Å²) in [5, 5.41) is 10.6. The Morgan fingerprint density at radius 3 is 0.850 bits per heavy atom. The summed E-state index contributed by atoms with van der Waals surface area (Å²) in [6.45, 7) is 4.50. The van der Waals surface area contributed by atoms with E-state index in [0.29, 0.717) is 32.1 Å². The average Bonchev–Trinajstić information content (AvgIpc) is 0.943. The van der Waals surface area contributed by atoms with Crippen molar-refractivity contribution in [2.45, 2.75) is 316 Å². The number of ether oxygens (including phenoxy) is 4. The Balaban J connectivity index is 5.42. The van der Waals surface area contributed by atoms with Crippen molar-refractivity contribution >= 4 is 39.5 Å². The van der Waals surface area contributed by atoms with E-state index in [1.54, 1.807) is 0 Å². The van der Waals surface area contributed by atoms with E-state index in [4.69, 9.17) is 37.0 Å². The summed E-state index contributed by atoms with van der Waals surface area (Å²) >= 11 is 0. The van der Waals surface area contributed by atoms with E-state index in [1.807, 2.05) is 12.2 Å². The first-order valence-corrected chi connectivity index (χ1v) is 41.4. The summed E-state index contributed by atoms with van der Waals surface area (Å²) in [5.41, 5.74) is 0. The summed E-state index contributed by atoms with van der Waals surface area (Å²) < 4.78 is 68.4. The number of phosphoric ester groups is 2. The Labute approximate surface area is 605 Å². The molecule has 100 heavy (non-hydrogen) atoms. The summed E-state index contributed by atoms with van der Waals surface area (Å²) in [7, 11) is -9.98. The van der Waals surface area contributed by atoms with Crippen LogP contribution in [0.15, 0.2) is 134 Å². The highest BCUT2D eigenvalue weighted by atomic mass is 31.2. The SMILES string of the molecule is CC/C=C\C/C=C\C/C=C\C/C=C\C/C=C\CCCC(=O)OCC(COP(=O)(O)OCC(O)COP(=O)(O)OCC(COC(=O)CCCCCC/C=C\C/C=C\C/C=C\C/C=C\CC)OC(=O)CCCCCCC/C=C\CCCCCC)OC(=O)CCCCCCC/C=C\CCCCCC. The third kappa shape index (κ3) is 71.6. The molecule has 0 aliphatic rings. The predicted molar refractivity (Wildman–Crippen MR) is 408 cm³/mol. The molecule has 0 fully saturated rings. The standard InChI is InChI=1S/C81H136O17P2/c1-5-9-13-17-21-25-29-33-35-37-39-43-45-49-53-57-61-65-78(83)91-71-76(97-80(85)67-63-59-55-51-47-41-31-27-23-19-15-11-7-3)73-95-99(87,88)93-69-75(82)70-94-100(89,90)96-74-77(98-81(86)68-64-60-56-52-48-42-32-28-24-20-16-12-8-4)72-92-79(84)66-62-58-54-50-46-44-40-38-36-34-30-26-22-18-14-10-6-2/h9-10,13-14,21-22,25-28,31-36,39-40,43-44,49,53,75-77,82H,5-8,11-12,15-20,23-24,29-30,37-38,41-42,45-48,50-52,54-74H2,1-4H3,(H,87,88)(H,89,90)/b13-9-,14-10-,25-21-,26-22-,31-27-,32-28-,35-33-,36-34-,43-39-,44-40-,53-49-. The van der Waals surface area contributed by atoms with Gasteiger partial charge in [0.1, 0.15) is 19.3 Å². The molecule has 0 spiro atoms. The van der Waals surface area contributed by atoms with Crippen LogP contribution in [0.2, 0.25) is 0 Å². The Morgan fingerprint density at radius 1 is 0.290 bits per heavy atom. The first-order valence-electron chi connectivity index (χ1n) is 38.4. The van der Waals surface area contributed by atoms with Crippen LogP contribution in [-0.2, 0) is 65.4 Å². The lowest BCUT2D eigenvalue weighted by atomic mass is 10.1. The van der Waals surface area contributed by atoms with Gasteiger partial charge in [-0.25, -0.2) is 9.13 Å². The normalized spacial score (nSPS) is 14.7. The minimum absolute atomic E-state index is 0.0694. The minimum atomic E-state index is -4.99. The molecular weight excluding hydrogens is 1310 g/mol. The molecule has 0 aromatic carbocycles. The maximum atomic E-state index is 13.1. The van der Waals surface area contributed by atoms with Gasteiger partial charge in [-0.15, -0.1) is 0 Å². The fourth-order valence-electron chi connectivity index (χ4n) is 9.76. The number of aliphatic hydroxyl groups is 1. The van der Waals surface area contributed by atoms with Crippen LogP contribution >= 0.6 is 15.6 Å². The van der Waals surface area contributed by atoms with Gasteiger partial charge in [0, 0.05) is 25.7 Å². The lowest BCUT2D eigenvalue weighted by molar-refractivity contribution is -0.161. The van der Waals surface area contributed by atoms with Crippen molar-refractivity contribution in [3.8, 4) is 0 Å². The van der Waals surface area contributed by atoms with Gasteiger partial charge in [0.2, 0.25) is 0 Å². The highest BCUT2D eigenvalue weighted by molar-refractivity contribution is 7.47. The number of esters is 4. The predicted octanol–water partition coefficient (Wildman–Crippen LogP) is 22.1. The molecule has 0 aliphatic carbocycles. The van der Waals surface area contributed by atoms with E-state index in [-0.39, 0.29) is 25.7 Å². The average molecular weight is 1440 g/mol. The largest absolute Gasteiger partial charge is 0.472 e. The molecule has 19 heteroatoms. The molecule has 572 valence electrons. The number of hydrogen-bond acceptors (Lipinski definition) is 15. The molecule has 0 saturated carbocycles. The number of unbranched alkanes of at least 4 members (excludes halogenated alkanes) is 23. The fraction of sp³-hybridized carbons (Fsp3) is 0.679. The molecule has 0 heterocycles. The number of carbonyl (C=O) groups excluding carboxylic acids is 4. The summed E-state index contributed by atoms with van der Waals surface area (Å²) in [4.78, 5) is 72.8. The van der Waals surface area contributed by atoms with Crippen molar-refractivity contribution in [3.05, 3.63) is 134 Å².